The number of carbonyl (C=O) groups excluding carboxylic acids is 1. The Morgan fingerprint density at radius 3 is 2.54 bits per heavy atom. The van der Waals surface area contributed by atoms with Gasteiger partial charge in [-0.1, -0.05) is 0 Å². The first kappa shape index (κ1) is 17.8. The number of thiophene rings is 1. The van der Waals surface area contributed by atoms with Crippen LogP contribution in [0.1, 0.15) is 9.75 Å². The molecular formula is C15H23N3O4S2. The van der Waals surface area contributed by atoms with Crippen LogP contribution in [-0.2, 0) is 19.6 Å². The molecule has 1 unspecified atom stereocenters. The van der Waals surface area contributed by atoms with Gasteiger partial charge >= 0.3 is 0 Å². The zero-order chi connectivity index (χ0) is 17.3. The van der Waals surface area contributed by atoms with E-state index in [9.17, 15) is 13.2 Å². The second kappa shape index (κ2) is 7.09. The highest BCUT2D eigenvalue weighted by molar-refractivity contribution is 7.89. The van der Waals surface area contributed by atoms with Crippen LogP contribution in [0.5, 0.6) is 0 Å². The molecule has 1 N–H and O–H groups in total. The molecule has 7 nitrogen and oxygen atoms in total. The number of morpholine rings is 1. The number of hydrogen-bond acceptors (Lipinski definition) is 6. The zero-order valence-electron chi connectivity index (χ0n) is 13.9. The highest BCUT2D eigenvalue weighted by Gasteiger charge is 2.34. The molecule has 0 aromatic carbocycles. The summed E-state index contributed by atoms with van der Waals surface area (Å²) in [7, 11) is -3.48. The average molecular weight is 374 g/mol. The van der Waals surface area contributed by atoms with Crippen molar-refractivity contribution in [2.24, 2.45) is 0 Å². The first-order valence-corrected chi connectivity index (χ1v) is 10.3. The van der Waals surface area contributed by atoms with E-state index in [0.717, 1.165) is 16.3 Å². The van der Waals surface area contributed by atoms with Crippen molar-refractivity contribution in [1.29, 1.82) is 0 Å². The number of sulfonamides is 1. The molecule has 134 valence electrons. The monoisotopic (exact) mass is 373 g/mol. The molecule has 1 aromatic rings. The van der Waals surface area contributed by atoms with E-state index in [4.69, 9.17) is 4.74 Å². The van der Waals surface area contributed by atoms with Crippen molar-refractivity contribution < 1.29 is 17.9 Å². The molecule has 24 heavy (non-hydrogen) atoms. The molecule has 3 heterocycles. The largest absolute Gasteiger partial charge is 0.366 e. The predicted octanol–water partition coefficient (Wildman–Crippen LogP) is 0.186. The van der Waals surface area contributed by atoms with Gasteiger partial charge in [-0.25, -0.2) is 8.42 Å². The summed E-state index contributed by atoms with van der Waals surface area (Å²) in [6, 6.07) is 1.73. The molecule has 2 aliphatic rings. The molecule has 0 aliphatic carbocycles. The van der Waals surface area contributed by atoms with E-state index in [1.807, 2.05) is 13.8 Å². The van der Waals surface area contributed by atoms with Crippen molar-refractivity contribution in [3.05, 3.63) is 15.8 Å². The Balaban J connectivity index is 1.64. The minimum Gasteiger partial charge on any atom is -0.366 e. The Morgan fingerprint density at radius 2 is 2.00 bits per heavy atom. The summed E-state index contributed by atoms with van der Waals surface area (Å²) < 4.78 is 32.6. The van der Waals surface area contributed by atoms with Crippen molar-refractivity contribution >= 4 is 27.3 Å². The molecule has 0 spiro atoms. The summed E-state index contributed by atoms with van der Waals surface area (Å²) in [6.07, 6.45) is -0.455. The van der Waals surface area contributed by atoms with Gasteiger partial charge in [0, 0.05) is 49.0 Å². The van der Waals surface area contributed by atoms with Gasteiger partial charge in [-0.15, -0.1) is 11.3 Å². The number of hydrogen-bond donors (Lipinski definition) is 1. The highest BCUT2D eigenvalue weighted by Crippen LogP contribution is 2.28. The van der Waals surface area contributed by atoms with Crippen molar-refractivity contribution in [3.8, 4) is 0 Å². The van der Waals surface area contributed by atoms with Gasteiger partial charge in [-0.3, -0.25) is 4.79 Å². The summed E-state index contributed by atoms with van der Waals surface area (Å²) in [5, 5.41) is 3.14. The van der Waals surface area contributed by atoms with Gasteiger partial charge in [0.15, 0.2) is 0 Å². The van der Waals surface area contributed by atoms with Gasteiger partial charge < -0.3 is 15.0 Å². The maximum atomic E-state index is 12.8. The molecule has 2 fully saturated rings. The molecule has 0 saturated carbocycles. The van der Waals surface area contributed by atoms with Crippen LogP contribution < -0.4 is 5.32 Å². The van der Waals surface area contributed by atoms with Crippen LogP contribution in [0.4, 0.5) is 0 Å². The van der Waals surface area contributed by atoms with Gasteiger partial charge in [0.25, 0.3) is 5.91 Å². The zero-order valence-corrected chi connectivity index (χ0v) is 15.6. The van der Waals surface area contributed by atoms with Gasteiger partial charge in [0.2, 0.25) is 10.0 Å². The van der Waals surface area contributed by atoms with Crippen molar-refractivity contribution in [3.63, 3.8) is 0 Å². The minimum absolute atomic E-state index is 0.0539. The van der Waals surface area contributed by atoms with Gasteiger partial charge in [0.1, 0.15) is 6.10 Å². The van der Waals surface area contributed by atoms with Crippen LogP contribution in [0.2, 0.25) is 0 Å². The number of rotatable bonds is 3. The maximum Gasteiger partial charge on any atom is 0.253 e. The van der Waals surface area contributed by atoms with Crippen molar-refractivity contribution in [2.45, 2.75) is 24.8 Å². The molecule has 1 atom stereocenters. The molecule has 2 saturated heterocycles. The lowest BCUT2D eigenvalue weighted by Crippen LogP contribution is -2.55. The first-order valence-electron chi connectivity index (χ1n) is 8.08. The van der Waals surface area contributed by atoms with Gasteiger partial charge in [-0.05, 0) is 19.9 Å². The Kier molecular flexibility index (Phi) is 5.26. The number of ether oxygens (including phenoxy) is 1. The lowest BCUT2D eigenvalue weighted by Gasteiger charge is -2.36. The fourth-order valence-electron chi connectivity index (χ4n) is 3.08. The van der Waals surface area contributed by atoms with Crippen LogP contribution in [0, 0.1) is 13.8 Å². The third-order valence-electron chi connectivity index (χ3n) is 4.37. The summed E-state index contributed by atoms with van der Waals surface area (Å²) in [5.74, 6) is -0.0539. The van der Waals surface area contributed by atoms with Crippen LogP contribution >= 0.6 is 11.3 Å². The molecule has 0 radical (unpaired) electrons. The van der Waals surface area contributed by atoms with E-state index in [2.05, 4.69) is 5.32 Å². The maximum absolute atomic E-state index is 12.8. The number of nitrogens with one attached hydrogen (secondary N) is 1. The molecular weight excluding hydrogens is 350 g/mol. The number of carbonyl (C=O) groups is 1. The van der Waals surface area contributed by atoms with E-state index in [0.29, 0.717) is 44.2 Å². The van der Waals surface area contributed by atoms with E-state index < -0.39 is 16.1 Å². The normalized spacial score (nSPS) is 23.4. The fraction of sp³-hybridized carbons (Fsp3) is 0.667. The summed E-state index contributed by atoms with van der Waals surface area (Å²) in [4.78, 5) is 16.3. The quantitative estimate of drug-likeness (QED) is 0.818. The van der Waals surface area contributed by atoms with E-state index in [1.165, 1.54) is 15.6 Å². The first-order chi connectivity index (χ1) is 11.4. The number of piperazine rings is 1. The lowest BCUT2D eigenvalue weighted by molar-refractivity contribution is -0.146. The Morgan fingerprint density at radius 1 is 1.29 bits per heavy atom. The van der Waals surface area contributed by atoms with E-state index >= 15 is 0 Å². The van der Waals surface area contributed by atoms with E-state index in [1.54, 1.807) is 11.0 Å². The smallest absolute Gasteiger partial charge is 0.253 e. The fourth-order valence-corrected chi connectivity index (χ4v) is 6.03. The summed E-state index contributed by atoms with van der Waals surface area (Å²) in [5.41, 5.74) is 0. The van der Waals surface area contributed by atoms with Crippen molar-refractivity contribution in [1.82, 2.24) is 14.5 Å². The number of aryl methyl sites for hydroxylation is 2. The second-order valence-corrected chi connectivity index (χ2v) is 9.44. The number of amides is 1. The van der Waals surface area contributed by atoms with Crippen LogP contribution in [0.15, 0.2) is 11.0 Å². The molecule has 3 rings (SSSR count). The Labute approximate surface area is 146 Å². The van der Waals surface area contributed by atoms with Crippen LogP contribution in [0.3, 0.4) is 0 Å². The third-order valence-corrected chi connectivity index (χ3v) is 7.49. The molecule has 1 aromatic heterocycles. The molecule has 1 amide bonds. The van der Waals surface area contributed by atoms with E-state index in [-0.39, 0.29) is 5.91 Å². The molecule has 9 heteroatoms. The van der Waals surface area contributed by atoms with Gasteiger partial charge in [0.05, 0.1) is 11.5 Å². The second-order valence-electron chi connectivity index (χ2n) is 6.07. The molecule has 0 bridgehead atoms. The third kappa shape index (κ3) is 3.50. The number of nitrogens with zero attached hydrogens (tertiary/aromatic N) is 2. The predicted molar refractivity (Wildman–Crippen MR) is 91.7 cm³/mol. The van der Waals surface area contributed by atoms with Crippen LogP contribution in [-0.4, -0.2) is 75.5 Å². The summed E-state index contributed by atoms with van der Waals surface area (Å²) in [6.45, 7) is 7.00. The molecule has 2 aliphatic heterocycles. The Hall–Kier alpha value is -1.00. The lowest BCUT2D eigenvalue weighted by atomic mass is 10.2. The Bertz CT molecular complexity index is 702. The topological polar surface area (TPSA) is 79.0 Å². The summed E-state index contributed by atoms with van der Waals surface area (Å²) >= 11 is 1.49. The highest BCUT2D eigenvalue weighted by atomic mass is 32.2. The standard InChI is InChI=1S/C15H23N3O4S2/c1-11-9-14(12(2)23-11)24(20,21)18-6-4-17(5-7-18)15(19)13-10-16-3-8-22-13/h9,13,16H,3-8,10H2,1-2H3. The average Bonchev–Trinajstić information content (AvgIpc) is 2.94. The van der Waals surface area contributed by atoms with Crippen molar-refractivity contribution in [2.75, 3.05) is 45.9 Å². The SMILES string of the molecule is Cc1cc(S(=O)(=O)N2CCN(C(=O)C3CNCCO3)CC2)c(C)s1. The van der Waals surface area contributed by atoms with Gasteiger partial charge in [-0.2, -0.15) is 4.31 Å². The van der Waals surface area contributed by atoms with Crippen LogP contribution in [0.25, 0.3) is 0 Å². The minimum atomic E-state index is -3.48.